The van der Waals surface area contributed by atoms with Crippen LogP contribution >= 0.6 is 0 Å². The Morgan fingerprint density at radius 1 is 1.17 bits per heavy atom. The van der Waals surface area contributed by atoms with Crippen molar-refractivity contribution in [2.24, 2.45) is 5.92 Å². The molecule has 2 rings (SSSR count). The number of ether oxygens (including phenoxy) is 1. The Morgan fingerprint density at radius 2 is 1.79 bits per heavy atom. The van der Waals surface area contributed by atoms with Gasteiger partial charge in [0.25, 0.3) is 0 Å². The number of aryl methyl sites for hydroxylation is 2. The van der Waals surface area contributed by atoms with Crippen LogP contribution in [0.5, 0.6) is 5.75 Å². The van der Waals surface area contributed by atoms with Crippen molar-refractivity contribution in [2.75, 3.05) is 0 Å². The normalized spacial score (nSPS) is 22.0. The zero-order valence-electron chi connectivity index (χ0n) is 13.7. The average molecular weight is 351 g/mol. The van der Waals surface area contributed by atoms with Gasteiger partial charge in [-0.05, 0) is 49.8 Å². The van der Waals surface area contributed by atoms with E-state index in [4.69, 9.17) is 0 Å². The highest BCUT2D eigenvalue weighted by Gasteiger charge is 2.41. The van der Waals surface area contributed by atoms with Gasteiger partial charge in [-0.3, -0.25) is 0 Å². The van der Waals surface area contributed by atoms with Crippen molar-refractivity contribution in [3.63, 3.8) is 0 Å². The van der Waals surface area contributed by atoms with Crippen molar-refractivity contribution >= 4 is 0 Å². The summed E-state index contributed by atoms with van der Waals surface area (Å²) in [7, 11) is 0. The molecule has 7 heteroatoms. The second-order valence-electron chi connectivity index (χ2n) is 6.42. The van der Waals surface area contributed by atoms with Gasteiger partial charge in [0.1, 0.15) is 5.75 Å². The van der Waals surface area contributed by atoms with Crippen LogP contribution in [-0.4, -0.2) is 18.8 Å². The van der Waals surface area contributed by atoms with Crippen LogP contribution in [0, 0.1) is 19.8 Å². The standard InChI is InChI=1S/C17H22F5NO/c1-10-6-12(7-11(2)15(10)24-16(18)19)9-23-14-5-3-4-13(8-14)17(20,21)22/h6-7,13-14,16,23H,3-5,8-9H2,1-2H3. The molecule has 0 heterocycles. The third kappa shape index (κ3) is 5.06. The number of benzene rings is 1. The molecule has 2 atom stereocenters. The lowest BCUT2D eigenvalue weighted by molar-refractivity contribution is -0.183. The van der Waals surface area contributed by atoms with Crippen LogP contribution < -0.4 is 10.1 Å². The molecule has 1 aliphatic carbocycles. The molecule has 1 fully saturated rings. The summed E-state index contributed by atoms with van der Waals surface area (Å²) in [5, 5.41) is 3.17. The molecule has 1 saturated carbocycles. The molecule has 0 saturated heterocycles. The van der Waals surface area contributed by atoms with Gasteiger partial charge in [-0.25, -0.2) is 0 Å². The quantitative estimate of drug-likeness (QED) is 0.744. The molecule has 136 valence electrons. The van der Waals surface area contributed by atoms with Crippen LogP contribution in [0.4, 0.5) is 22.0 Å². The Labute approximate surface area is 138 Å². The van der Waals surface area contributed by atoms with Gasteiger partial charge in [0.15, 0.2) is 0 Å². The van der Waals surface area contributed by atoms with Gasteiger partial charge < -0.3 is 10.1 Å². The highest BCUT2D eigenvalue weighted by Crippen LogP contribution is 2.37. The smallest absolute Gasteiger partial charge is 0.391 e. The van der Waals surface area contributed by atoms with Gasteiger partial charge in [-0.15, -0.1) is 0 Å². The van der Waals surface area contributed by atoms with Crippen molar-refractivity contribution in [1.29, 1.82) is 0 Å². The maximum atomic E-state index is 12.8. The lowest BCUT2D eigenvalue weighted by atomic mass is 9.85. The summed E-state index contributed by atoms with van der Waals surface area (Å²) in [4.78, 5) is 0. The van der Waals surface area contributed by atoms with E-state index in [2.05, 4.69) is 10.1 Å². The minimum absolute atomic E-state index is 0.0913. The van der Waals surface area contributed by atoms with Crippen LogP contribution in [0.15, 0.2) is 12.1 Å². The van der Waals surface area contributed by atoms with Crippen molar-refractivity contribution in [2.45, 2.75) is 64.9 Å². The number of rotatable bonds is 5. The van der Waals surface area contributed by atoms with Crippen LogP contribution in [0.3, 0.4) is 0 Å². The monoisotopic (exact) mass is 351 g/mol. The van der Waals surface area contributed by atoms with Crippen molar-refractivity contribution in [1.82, 2.24) is 5.32 Å². The van der Waals surface area contributed by atoms with E-state index in [0.717, 1.165) is 12.0 Å². The fourth-order valence-corrected chi connectivity index (χ4v) is 3.35. The predicted molar refractivity (Wildman–Crippen MR) is 81.2 cm³/mol. The Balaban J connectivity index is 1.97. The molecule has 0 amide bonds. The maximum Gasteiger partial charge on any atom is 0.391 e. The summed E-state index contributed by atoms with van der Waals surface area (Å²) in [6.07, 6.45) is -2.58. The molecule has 1 aliphatic rings. The molecule has 1 aromatic carbocycles. The van der Waals surface area contributed by atoms with Gasteiger partial charge in [0, 0.05) is 12.6 Å². The first-order chi connectivity index (χ1) is 11.2. The second kappa shape index (κ2) is 7.68. The highest BCUT2D eigenvalue weighted by atomic mass is 19.4. The van der Waals surface area contributed by atoms with E-state index >= 15 is 0 Å². The lowest BCUT2D eigenvalue weighted by Gasteiger charge is -2.31. The first-order valence-corrected chi connectivity index (χ1v) is 8.02. The summed E-state index contributed by atoms with van der Waals surface area (Å²) in [5.41, 5.74) is 2.02. The van der Waals surface area contributed by atoms with E-state index in [9.17, 15) is 22.0 Å². The van der Waals surface area contributed by atoms with Crippen LogP contribution in [0.1, 0.15) is 42.4 Å². The lowest BCUT2D eigenvalue weighted by Crippen LogP contribution is -2.38. The van der Waals surface area contributed by atoms with Crippen LogP contribution in [0.2, 0.25) is 0 Å². The topological polar surface area (TPSA) is 21.3 Å². The molecule has 2 unspecified atom stereocenters. The van der Waals surface area contributed by atoms with E-state index in [1.54, 1.807) is 26.0 Å². The zero-order valence-corrected chi connectivity index (χ0v) is 13.7. The number of hydrogen-bond donors (Lipinski definition) is 1. The summed E-state index contributed by atoms with van der Waals surface area (Å²) in [6.45, 7) is 0.877. The number of halogens is 5. The first-order valence-electron chi connectivity index (χ1n) is 8.02. The van der Waals surface area contributed by atoms with Crippen LogP contribution in [-0.2, 0) is 6.54 Å². The van der Waals surface area contributed by atoms with E-state index in [-0.39, 0.29) is 24.6 Å². The molecular formula is C17H22F5NO. The molecule has 0 bridgehead atoms. The second-order valence-corrected chi connectivity index (χ2v) is 6.42. The Hall–Kier alpha value is -1.37. The third-order valence-electron chi connectivity index (χ3n) is 4.46. The van der Waals surface area contributed by atoms with E-state index in [0.29, 0.717) is 24.1 Å². The van der Waals surface area contributed by atoms with E-state index in [1.165, 1.54) is 0 Å². The highest BCUT2D eigenvalue weighted by molar-refractivity contribution is 5.43. The first kappa shape index (κ1) is 19.0. The van der Waals surface area contributed by atoms with Gasteiger partial charge in [-0.2, -0.15) is 22.0 Å². The van der Waals surface area contributed by atoms with E-state index in [1.807, 2.05) is 0 Å². The molecule has 0 radical (unpaired) electrons. The van der Waals surface area contributed by atoms with Gasteiger partial charge in [0.2, 0.25) is 0 Å². The zero-order chi connectivity index (χ0) is 17.9. The average Bonchev–Trinajstić information content (AvgIpc) is 2.48. The fraction of sp³-hybridized carbons (Fsp3) is 0.647. The minimum atomic E-state index is -4.14. The number of hydrogen-bond acceptors (Lipinski definition) is 2. The molecule has 1 aromatic rings. The molecular weight excluding hydrogens is 329 g/mol. The van der Waals surface area contributed by atoms with Crippen molar-refractivity contribution < 1.29 is 26.7 Å². The number of nitrogens with one attached hydrogen (secondary N) is 1. The summed E-state index contributed by atoms with van der Waals surface area (Å²) in [5.74, 6) is -1.09. The maximum absolute atomic E-state index is 12.8. The molecule has 1 N–H and O–H groups in total. The molecule has 0 aromatic heterocycles. The summed E-state index contributed by atoms with van der Waals surface area (Å²) >= 11 is 0. The Kier molecular flexibility index (Phi) is 6.06. The van der Waals surface area contributed by atoms with Gasteiger partial charge in [-0.1, -0.05) is 18.6 Å². The Morgan fingerprint density at radius 3 is 2.33 bits per heavy atom. The minimum Gasteiger partial charge on any atom is -0.434 e. The molecule has 0 aliphatic heterocycles. The molecule has 24 heavy (non-hydrogen) atoms. The third-order valence-corrected chi connectivity index (χ3v) is 4.46. The molecule has 0 spiro atoms. The fourth-order valence-electron chi connectivity index (χ4n) is 3.35. The number of alkyl halides is 5. The van der Waals surface area contributed by atoms with E-state index < -0.39 is 18.7 Å². The van der Waals surface area contributed by atoms with Crippen molar-refractivity contribution in [3.8, 4) is 5.75 Å². The SMILES string of the molecule is Cc1cc(CNC2CCCC(C(F)(F)F)C2)cc(C)c1OC(F)F. The van der Waals surface area contributed by atoms with Crippen LogP contribution in [0.25, 0.3) is 0 Å². The predicted octanol–water partition coefficient (Wildman–Crippen LogP) is 5.12. The van der Waals surface area contributed by atoms with Crippen molar-refractivity contribution in [3.05, 3.63) is 28.8 Å². The van der Waals surface area contributed by atoms with Gasteiger partial charge in [0.05, 0.1) is 5.92 Å². The summed E-state index contributed by atoms with van der Waals surface area (Å²) in [6, 6.07) is 3.27. The summed E-state index contributed by atoms with van der Waals surface area (Å²) < 4.78 is 67.7. The van der Waals surface area contributed by atoms with Gasteiger partial charge >= 0.3 is 12.8 Å². The molecule has 2 nitrogen and oxygen atoms in total. The Bertz CT molecular complexity index is 535. The largest absolute Gasteiger partial charge is 0.434 e.